The van der Waals surface area contributed by atoms with Crippen LogP contribution in [0.4, 0.5) is 0 Å². The Morgan fingerprint density at radius 1 is 1.59 bits per heavy atom. The molecule has 0 radical (unpaired) electrons. The molecule has 0 aliphatic rings. The van der Waals surface area contributed by atoms with Crippen molar-refractivity contribution in [3.8, 4) is 0 Å². The highest BCUT2D eigenvalue weighted by Crippen LogP contribution is 2.03. The summed E-state index contributed by atoms with van der Waals surface area (Å²) < 4.78 is 27.8. The third-order valence-corrected chi connectivity index (χ3v) is 3.65. The van der Waals surface area contributed by atoms with Gasteiger partial charge >= 0.3 is 0 Å². The summed E-state index contributed by atoms with van der Waals surface area (Å²) in [5.74, 6) is 0. The second-order valence-corrected chi connectivity index (χ2v) is 5.35. The molecule has 0 saturated carbocycles. The normalized spacial score (nSPS) is 13.7. The van der Waals surface area contributed by atoms with Gasteiger partial charge in [0.2, 0.25) is 0 Å². The van der Waals surface area contributed by atoms with Crippen molar-refractivity contribution < 1.29 is 8.42 Å². The second-order valence-electron chi connectivity index (χ2n) is 3.67. The zero-order valence-electron chi connectivity index (χ0n) is 9.24. The molecule has 0 spiro atoms. The number of H-pyrrole nitrogens is 1. The minimum atomic E-state index is -3.53. The van der Waals surface area contributed by atoms with Gasteiger partial charge in [-0.15, -0.1) is 0 Å². The molecule has 1 atom stereocenters. The SMILES string of the molecule is CC(Cn1cccn1)NS(=O)(=O)c1cnc[nH]1. The van der Waals surface area contributed by atoms with Crippen molar-refractivity contribution in [3.63, 3.8) is 0 Å². The lowest BCUT2D eigenvalue weighted by molar-refractivity contribution is 0.493. The van der Waals surface area contributed by atoms with Gasteiger partial charge in [-0.25, -0.2) is 18.1 Å². The van der Waals surface area contributed by atoms with Gasteiger partial charge < -0.3 is 4.98 Å². The fourth-order valence-corrected chi connectivity index (χ4v) is 2.58. The highest BCUT2D eigenvalue weighted by atomic mass is 32.2. The first-order chi connectivity index (χ1) is 8.08. The fraction of sp³-hybridized carbons (Fsp3) is 0.333. The van der Waals surface area contributed by atoms with Gasteiger partial charge in [-0.05, 0) is 13.0 Å². The maximum absolute atomic E-state index is 11.8. The van der Waals surface area contributed by atoms with E-state index in [1.165, 1.54) is 12.5 Å². The maximum Gasteiger partial charge on any atom is 0.257 e. The van der Waals surface area contributed by atoms with Gasteiger partial charge in [0.25, 0.3) is 10.0 Å². The van der Waals surface area contributed by atoms with Crippen molar-refractivity contribution in [2.75, 3.05) is 0 Å². The van der Waals surface area contributed by atoms with Crippen molar-refractivity contribution >= 4 is 10.0 Å². The highest BCUT2D eigenvalue weighted by Gasteiger charge is 2.18. The first-order valence-corrected chi connectivity index (χ1v) is 6.54. The summed E-state index contributed by atoms with van der Waals surface area (Å²) in [7, 11) is -3.53. The van der Waals surface area contributed by atoms with Crippen LogP contribution in [0, 0.1) is 0 Å². The summed E-state index contributed by atoms with van der Waals surface area (Å²) in [5, 5.41) is 4.07. The molecular formula is C9H13N5O2S. The van der Waals surface area contributed by atoms with Gasteiger partial charge in [-0.2, -0.15) is 5.10 Å². The van der Waals surface area contributed by atoms with E-state index in [1.54, 1.807) is 30.1 Å². The molecule has 0 bridgehead atoms. The number of rotatable bonds is 5. The Labute approximate surface area is 98.9 Å². The molecule has 2 rings (SSSR count). The first-order valence-electron chi connectivity index (χ1n) is 5.06. The predicted octanol–water partition coefficient (Wildman–Crippen LogP) is -0.0268. The van der Waals surface area contributed by atoms with Crippen LogP contribution in [-0.4, -0.2) is 34.2 Å². The van der Waals surface area contributed by atoms with Crippen molar-refractivity contribution in [1.82, 2.24) is 24.5 Å². The number of nitrogens with zero attached hydrogens (tertiary/aromatic N) is 3. The number of hydrogen-bond acceptors (Lipinski definition) is 4. The van der Waals surface area contributed by atoms with E-state index >= 15 is 0 Å². The summed E-state index contributed by atoms with van der Waals surface area (Å²) in [4.78, 5) is 6.24. The molecule has 0 saturated heterocycles. The molecule has 17 heavy (non-hydrogen) atoms. The van der Waals surface area contributed by atoms with Gasteiger partial charge in [0.1, 0.15) is 0 Å². The average Bonchev–Trinajstić information content (AvgIpc) is 2.87. The van der Waals surface area contributed by atoms with Crippen LogP contribution in [-0.2, 0) is 16.6 Å². The molecule has 0 aliphatic carbocycles. The molecule has 0 aliphatic heterocycles. The van der Waals surface area contributed by atoms with E-state index in [0.29, 0.717) is 6.54 Å². The summed E-state index contributed by atoms with van der Waals surface area (Å²) in [6.07, 6.45) is 6.02. The van der Waals surface area contributed by atoms with E-state index in [-0.39, 0.29) is 11.1 Å². The summed E-state index contributed by atoms with van der Waals surface area (Å²) in [6, 6.07) is 1.53. The topological polar surface area (TPSA) is 92.7 Å². The Kier molecular flexibility index (Phi) is 3.25. The Bertz CT molecular complexity index is 546. The Morgan fingerprint density at radius 3 is 3.00 bits per heavy atom. The van der Waals surface area contributed by atoms with Crippen LogP contribution >= 0.6 is 0 Å². The van der Waals surface area contributed by atoms with E-state index in [2.05, 4.69) is 19.8 Å². The quantitative estimate of drug-likeness (QED) is 0.785. The van der Waals surface area contributed by atoms with E-state index in [4.69, 9.17) is 0 Å². The lowest BCUT2D eigenvalue weighted by Crippen LogP contribution is -2.35. The smallest absolute Gasteiger partial charge is 0.257 e. The van der Waals surface area contributed by atoms with Crippen molar-refractivity contribution in [3.05, 3.63) is 31.0 Å². The lowest BCUT2D eigenvalue weighted by atomic mass is 10.4. The Hall–Kier alpha value is -1.67. The fourth-order valence-electron chi connectivity index (χ4n) is 1.44. The predicted molar refractivity (Wildman–Crippen MR) is 60.6 cm³/mol. The molecule has 92 valence electrons. The third kappa shape index (κ3) is 2.92. The summed E-state index contributed by atoms with van der Waals surface area (Å²) in [5.41, 5.74) is 0. The minimum Gasteiger partial charge on any atom is -0.335 e. The molecule has 0 aromatic carbocycles. The molecule has 1 unspecified atom stereocenters. The first kappa shape index (κ1) is 11.8. The molecule has 7 nitrogen and oxygen atoms in total. The van der Waals surface area contributed by atoms with Gasteiger partial charge in [-0.1, -0.05) is 0 Å². The highest BCUT2D eigenvalue weighted by molar-refractivity contribution is 7.89. The molecule has 8 heteroatoms. The Balaban J connectivity index is 2.01. The van der Waals surface area contributed by atoms with E-state index in [0.717, 1.165) is 0 Å². The second kappa shape index (κ2) is 4.68. The van der Waals surface area contributed by atoms with Crippen molar-refractivity contribution in [2.45, 2.75) is 24.5 Å². The summed E-state index contributed by atoms with van der Waals surface area (Å²) >= 11 is 0. The van der Waals surface area contributed by atoms with Crippen LogP contribution in [0.25, 0.3) is 0 Å². The standard InChI is InChI=1S/C9H13N5O2S/c1-8(6-14-4-2-3-12-14)13-17(15,16)9-5-10-7-11-9/h2-5,7-8,13H,6H2,1H3,(H,10,11). The lowest BCUT2D eigenvalue weighted by Gasteiger charge is -2.13. The monoisotopic (exact) mass is 255 g/mol. The van der Waals surface area contributed by atoms with Gasteiger partial charge in [0, 0.05) is 18.4 Å². The van der Waals surface area contributed by atoms with E-state index in [9.17, 15) is 8.42 Å². The zero-order chi connectivity index (χ0) is 12.3. The van der Waals surface area contributed by atoms with Crippen LogP contribution in [0.15, 0.2) is 36.0 Å². The van der Waals surface area contributed by atoms with Crippen LogP contribution < -0.4 is 4.72 Å². The van der Waals surface area contributed by atoms with Crippen LogP contribution in [0.5, 0.6) is 0 Å². The Morgan fingerprint density at radius 2 is 2.41 bits per heavy atom. The largest absolute Gasteiger partial charge is 0.335 e. The molecule has 2 aromatic heterocycles. The van der Waals surface area contributed by atoms with Gasteiger partial charge in [0.05, 0.1) is 19.1 Å². The summed E-state index contributed by atoms with van der Waals surface area (Å²) in [6.45, 7) is 2.25. The van der Waals surface area contributed by atoms with E-state index in [1.807, 2.05) is 0 Å². The molecule has 2 aromatic rings. The maximum atomic E-state index is 11.8. The molecule has 0 fully saturated rings. The van der Waals surface area contributed by atoms with Gasteiger partial charge in [-0.3, -0.25) is 4.68 Å². The molecule has 0 amide bonds. The van der Waals surface area contributed by atoms with E-state index < -0.39 is 10.0 Å². The molecular weight excluding hydrogens is 242 g/mol. The zero-order valence-corrected chi connectivity index (χ0v) is 10.1. The number of imidazole rings is 1. The van der Waals surface area contributed by atoms with Crippen molar-refractivity contribution in [1.29, 1.82) is 0 Å². The molecule has 2 N–H and O–H groups in total. The third-order valence-electron chi connectivity index (χ3n) is 2.14. The van der Waals surface area contributed by atoms with Crippen LogP contribution in [0.1, 0.15) is 6.92 Å². The van der Waals surface area contributed by atoms with Crippen LogP contribution in [0.2, 0.25) is 0 Å². The number of sulfonamides is 1. The van der Waals surface area contributed by atoms with Crippen LogP contribution in [0.3, 0.4) is 0 Å². The molecule has 2 heterocycles. The average molecular weight is 255 g/mol. The minimum absolute atomic E-state index is 0.0600. The number of aromatic amines is 1. The van der Waals surface area contributed by atoms with Crippen molar-refractivity contribution in [2.24, 2.45) is 0 Å². The van der Waals surface area contributed by atoms with Gasteiger partial charge in [0.15, 0.2) is 5.03 Å². The number of nitrogens with one attached hydrogen (secondary N) is 2. The number of aromatic nitrogens is 4. The number of hydrogen-bond donors (Lipinski definition) is 2.